The highest BCUT2D eigenvalue weighted by Crippen LogP contribution is 2.28. The zero-order valence-electron chi connectivity index (χ0n) is 9.99. The molecular weight excluding hydrogens is 281 g/mol. The maximum absolute atomic E-state index is 12.3. The minimum absolute atomic E-state index is 0.0769. The van der Waals surface area contributed by atoms with Gasteiger partial charge in [0.05, 0.1) is 18.4 Å². The number of alkyl halides is 3. The fourth-order valence-corrected chi connectivity index (χ4v) is 1.54. The van der Waals surface area contributed by atoms with E-state index in [1.165, 1.54) is 12.1 Å². The van der Waals surface area contributed by atoms with Crippen LogP contribution in [0.4, 0.5) is 13.2 Å². The number of hydrogen-bond donors (Lipinski definition) is 0. The summed E-state index contributed by atoms with van der Waals surface area (Å²) in [7, 11) is -3.48. The van der Waals surface area contributed by atoms with E-state index in [1.807, 2.05) is 0 Å². The molecule has 0 saturated carbocycles. The quantitative estimate of drug-likeness (QED) is 0.488. The van der Waals surface area contributed by atoms with E-state index in [9.17, 15) is 21.6 Å². The summed E-state index contributed by atoms with van der Waals surface area (Å²) in [5.41, 5.74) is -0.314. The van der Waals surface area contributed by atoms with Crippen LogP contribution in [-0.2, 0) is 20.5 Å². The molecule has 19 heavy (non-hydrogen) atoms. The van der Waals surface area contributed by atoms with Gasteiger partial charge in [-0.2, -0.15) is 21.6 Å². The number of hydrogen-bond acceptors (Lipinski definition) is 3. The number of halogens is 3. The summed E-state index contributed by atoms with van der Waals surface area (Å²) in [6.07, 6.45) is -3.26. The third kappa shape index (κ3) is 6.27. The first-order chi connectivity index (χ1) is 8.68. The first kappa shape index (κ1) is 15.5. The Bertz CT molecular complexity index is 577. The molecule has 0 heterocycles. The van der Waals surface area contributed by atoms with Crippen molar-refractivity contribution in [3.05, 3.63) is 35.4 Å². The Balaban J connectivity index is 2.55. The largest absolute Gasteiger partial charge is 0.416 e. The predicted octanol–water partition coefficient (Wildman–Crippen LogP) is 2.42. The van der Waals surface area contributed by atoms with Crippen molar-refractivity contribution in [3.8, 4) is 11.8 Å². The molecule has 104 valence electrons. The Morgan fingerprint density at radius 3 is 2.26 bits per heavy atom. The zero-order chi connectivity index (χ0) is 14.5. The van der Waals surface area contributed by atoms with Crippen LogP contribution >= 0.6 is 0 Å². The molecule has 0 aliphatic heterocycles. The molecule has 0 aliphatic rings. The van der Waals surface area contributed by atoms with Crippen LogP contribution in [0, 0.1) is 11.8 Å². The van der Waals surface area contributed by atoms with Crippen LogP contribution in [0.5, 0.6) is 0 Å². The molecule has 0 N–H and O–H groups in total. The lowest BCUT2D eigenvalue weighted by atomic mass is 10.1. The molecule has 0 amide bonds. The normalized spacial score (nSPS) is 11.8. The van der Waals surface area contributed by atoms with Crippen LogP contribution in [0.25, 0.3) is 0 Å². The van der Waals surface area contributed by atoms with E-state index in [0.29, 0.717) is 5.56 Å². The summed E-state index contributed by atoms with van der Waals surface area (Å²) in [5, 5.41) is 0. The molecule has 0 aromatic heterocycles. The van der Waals surface area contributed by atoms with E-state index in [2.05, 4.69) is 16.0 Å². The van der Waals surface area contributed by atoms with Crippen molar-refractivity contribution in [1.82, 2.24) is 0 Å². The van der Waals surface area contributed by atoms with Crippen molar-refractivity contribution < 1.29 is 25.8 Å². The van der Waals surface area contributed by atoms with Crippen LogP contribution in [-0.4, -0.2) is 21.3 Å². The van der Waals surface area contributed by atoms with Crippen molar-refractivity contribution in [1.29, 1.82) is 0 Å². The molecule has 0 aliphatic carbocycles. The molecule has 0 radical (unpaired) electrons. The molecule has 0 fully saturated rings. The second kappa shape index (κ2) is 6.08. The van der Waals surface area contributed by atoms with Gasteiger partial charge in [0.25, 0.3) is 10.1 Å². The van der Waals surface area contributed by atoms with E-state index >= 15 is 0 Å². The average Bonchev–Trinajstić information content (AvgIpc) is 2.26. The summed E-state index contributed by atoms with van der Waals surface area (Å²) in [4.78, 5) is 0. The Labute approximate surface area is 109 Å². The minimum Gasteiger partial charge on any atom is -0.269 e. The van der Waals surface area contributed by atoms with E-state index in [4.69, 9.17) is 0 Å². The summed E-state index contributed by atoms with van der Waals surface area (Å²) in [5.74, 6) is 5.23. The van der Waals surface area contributed by atoms with E-state index in [-0.39, 0.29) is 13.0 Å². The molecule has 7 heteroatoms. The van der Waals surface area contributed by atoms with Gasteiger partial charge >= 0.3 is 6.18 Å². The van der Waals surface area contributed by atoms with Gasteiger partial charge in [-0.1, -0.05) is 11.8 Å². The Morgan fingerprint density at radius 2 is 1.79 bits per heavy atom. The highest BCUT2D eigenvalue weighted by atomic mass is 32.2. The van der Waals surface area contributed by atoms with Crippen LogP contribution in [0.15, 0.2) is 24.3 Å². The van der Waals surface area contributed by atoms with Crippen molar-refractivity contribution in [2.45, 2.75) is 12.6 Å². The molecule has 0 atom stereocenters. The molecule has 0 unspecified atom stereocenters. The van der Waals surface area contributed by atoms with Gasteiger partial charge in [0.15, 0.2) is 0 Å². The summed E-state index contributed by atoms with van der Waals surface area (Å²) >= 11 is 0. The third-order valence-corrected chi connectivity index (χ3v) is 2.56. The lowest BCUT2D eigenvalue weighted by Gasteiger charge is -2.05. The van der Waals surface area contributed by atoms with Crippen LogP contribution in [0.1, 0.15) is 17.5 Å². The third-order valence-electron chi connectivity index (χ3n) is 1.97. The van der Waals surface area contributed by atoms with Crippen LogP contribution in [0.3, 0.4) is 0 Å². The standard InChI is InChI=1S/C12H11F3O3S/c1-19(16,17)18-9-3-2-4-10-5-7-11(8-6-10)12(13,14)15/h5-8H,3,9H2,1H3. The number of benzene rings is 1. The van der Waals surface area contributed by atoms with Crippen molar-refractivity contribution in [2.75, 3.05) is 12.9 Å². The predicted molar refractivity (Wildman–Crippen MR) is 63.7 cm³/mol. The van der Waals surface area contributed by atoms with Crippen molar-refractivity contribution >= 4 is 10.1 Å². The molecule has 0 spiro atoms. The monoisotopic (exact) mass is 292 g/mol. The Hall–Kier alpha value is -1.52. The molecule has 1 aromatic carbocycles. The minimum atomic E-state index is -4.37. The summed E-state index contributed by atoms with van der Waals surface area (Å²) < 4.78 is 62.5. The Kier molecular flexibility index (Phi) is 4.97. The molecule has 1 rings (SSSR count). The van der Waals surface area contributed by atoms with Gasteiger partial charge in [0, 0.05) is 12.0 Å². The van der Waals surface area contributed by atoms with Crippen LogP contribution < -0.4 is 0 Å². The lowest BCUT2D eigenvalue weighted by molar-refractivity contribution is -0.137. The Morgan fingerprint density at radius 1 is 1.21 bits per heavy atom. The summed E-state index contributed by atoms with van der Waals surface area (Å²) in [6, 6.07) is 4.40. The fourth-order valence-electron chi connectivity index (χ4n) is 1.15. The number of rotatable bonds is 3. The van der Waals surface area contributed by atoms with Gasteiger partial charge in [0.1, 0.15) is 0 Å². The van der Waals surface area contributed by atoms with E-state index in [0.717, 1.165) is 18.4 Å². The first-order valence-corrected chi connectivity index (χ1v) is 7.01. The van der Waals surface area contributed by atoms with Gasteiger partial charge in [-0.05, 0) is 24.3 Å². The maximum Gasteiger partial charge on any atom is 0.416 e. The second-order valence-electron chi connectivity index (χ2n) is 3.65. The summed E-state index contributed by atoms with van der Waals surface area (Å²) in [6.45, 7) is -0.0769. The smallest absolute Gasteiger partial charge is 0.269 e. The van der Waals surface area contributed by atoms with Gasteiger partial charge < -0.3 is 0 Å². The highest BCUT2D eigenvalue weighted by molar-refractivity contribution is 7.85. The second-order valence-corrected chi connectivity index (χ2v) is 5.30. The zero-order valence-corrected chi connectivity index (χ0v) is 10.8. The highest BCUT2D eigenvalue weighted by Gasteiger charge is 2.29. The van der Waals surface area contributed by atoms with Gasteiger partial charge in [0.2, 0.25) is 0 Å². The van der Waals surface area contributed by atoms with Gasteiger partial charge in [-0.15, -0.1) is 0 Å². The fraction of sp³-hybridized carbons (Fsp3) is 0.333. The lowest BCUT2D eigenvalue weighted by Crippen LogP contribution is -2.04. The van der Waals surface area contributed by atoms with Gasteiger partial charge in [-0.3, -0.25) is 4.18 Å². The SMILES string of the molecule is CS(=O)(=O)OCCC#Cc1ccc(C(F)(F)F)cc1. The van der Waals surface area contributed by atoms with Crippen molar-refractivity contribution in [2.24, 2.45) is 0 Å². The molecule has 0 saturated heterocycles. The van der Waals surface area contributed by atoms with Gasteiger partial charge in [-0.25, -0.2) is 0 Å². The molecular formula is C12H11F3O3S. The van der Waals surface area contributed by atoms with E-state index < -0.39 is 21.9 Å². The van der Waals surface area contributed by atoms with E-state index in [1.54, 1.807) is 0 Å². The molecule has 0 bridgehead atoms. The van der Waals surface area contributed by atoms with Crippen LogP contribution in [0.2, 0.25) is 0 Å². The maximum atomic E-state index is 12.3. The molecule has 3 nitrogen and oxygen atoms in total. The first-order valence-electron chi connectivity index (χ1n) is 5.19. The molecule has 1 aromatic rings. The average molecular weight is 292 g/mol. The topological polar surface area (TPSA) is 43.4 Å². The van der Waals surface area contributed by atoms with Crippen molar-refractivity contribution in [3.63, 3.8) is 0 Å².